The molecular formula is C17H20BrClN4O2. The number of anilines is 1. The zero-order chi connectivity index (χ0) is 18.2. The van der Waals surface area contributed by atoms with Gasteiger partial charge in [0.15, 0.2) is 0 Å². The molecule has 1 amide bonds. The first kappa shape index (κ1) is 18.2. The molecule has 1 aromatic carbocycles. The number of hydrogen-bond acceptors (Lipinski definition) is 5. The Morgan fingerprint density at radius 2 is 1.88 bits per heavy atom. The summed E-state index contributed by atoms with van der Waals surface area (Å²) in [5, 5.41) is 1.53. The van der Waals surface area contributed by atoms with E-state index >= 15 is 0 Å². The van der Waals surface area contributed by atoms with Gasteiger partial charge >= 0.3 is 6.09 Å². The molecule has 0 radical (unpaired) electrons. The SMILES string of the molecule is CC(C)(C)OC(=O)N1CCN(c2ncnc3cc(Br)c(Cl)cc23)CC1. The summed E-state index contributed by atoms with van der Waals surface area (Å²) in [5.74, 6) is 0.836. The average Bonchev–Trinajstić information content (AvgIpc) is 2.54. The van der Waals surface area contributed by atoms with Crippen molar-refractivity contribution in [1.29, 1.82) is 0 Å². The van der Waals surface area contributed by atoms with Crippen molar-refractivity contribution in [2.45, 2.75) is 26.4 Å². The number of piperazine rings is 1. The number of carbonyl (C=O) groups excluding carboxylic acids is 1. The van der Waals surface area contributed by atoms with Crippen LogP contribution in [-0.4, -0.2) is 52.7 Å². The van der Waals surface area contributed by atoms with Gasteiger partial charge in [-0.3, -0.25) is 0 Å². The van der Waals surface area contributed by atoms with Gasteiger partial charge in [0.2, 0.25) is 0 Å². The minimum absolute atomic E-state index is 0.272. The Balaban J connectivity index is 1.76. The lowest BCUT2D eigenvalue weighted by Gasteiger charge is -2.36. The number of carbonyl (C=O) groups is 1. The number of fused-ring (bicyclic) bond motifs is 1. The molecule has 1 aromatic heterocycles. The standard InChI is InChI=1S/C17H20BrClN4O2/c1-17(2,3)25-16(24)23-6-4-22(5-7-23)15-11-8-13(19)12(18)9-14(11)20-10-21-15/h8-10H,4-7H2,1-3H3. The second-order valence-electron chi connectivity index (χ2n) is 6.94. The van der Waals surface area contributed by atoms with E-state index in [1.807, 2.05) is 32.9 Å². The molecule has 0 spiro atoms. The summed E-state index contributed by atoms with van der Waals surface area (Å²) < 4.78 is 6.24. The van der Waals surface area contributed by atoms with Crippen molar-refractivity contribution in [3.8, 4) is 0 Å². The van der Waals surface area contributed by atoms with E-state index in [9.17, 15) is 4.79 Å². The summed E-state index contributed by atoms with van der Waals surface area (Å²) in [6, 6.07) is 3.76. The van der Waals surface area contributed by atoms with Gasteiger partial charge in [-0.15, -0.1) is 0 Å². The number of ether oxygens (including phenoxy) is 1. The maximum atomic E-state index is 12.2. The molecule has 2 aromatic rings. The Kier molecular flexibility index (Phi) is 5.06. The average molecular weight is 428 g/mol. The molecule has 3 rings (SSSR count). The van der Waals surface area contributed by atoms with Crippen molar-refractivity contribution in [2.75, 3.05) is 31.1 Å². The summed E-state index contributed by atoms with van der Waals surface area (Å²) in [4.78, 5) is 24.8. The van der Waals surface area contributed by atoms with Crippen LogP contribution in [0, 0.1) is 0 Å². The molecule has 0 atom stereocenters. The number of benzene rings is 1. The summed E-state index contributed by atoms with van der Waals surface area (Å²) >= 11 is 9.65. The van der Waals surface area contributed by atoms with Crippen LogP contribution < -0.4 is 4.90 Å². The Morgan fingerprint density at radius 1 is 1.20 bits per heavy atom. The third-order valence-electron chi connectivity index (χ3n) is 3.89. The summed E-state index contributed by atoms with van der Waals surface area (Å²) in [7, 11) is 0. The lowest BCUT2D eigenvalue weighted by atomic mass is 10.2. The predicted molar refractivity (Wildman–Crippen MR) is 102 cm³/mol. The molecule has 0 N–H and O–H groups in total. The molecule has 0 aliphatic carbocycles. The van der Waals surface area contributed by atoms with E-state index in [4.69, 9.17) is 16.3 Å². The van der Waals surface area contributed by atoms with Crippen LogP contribution in [0.3, 0.4) is 0 Å². The van der Waals surface area contributed by atoms with Gasteiger partial charge in [-0.05, 0) is 48.8 Å². The fraction of sp³-hybridized carbons (Fsp3) is 0.471. The van der Waals surface area contributed by atoms with Gasteiger partial charge in [0.25, 0.3) is 0 Å². The van der Waals surface area contributed by atoms with Crippen LogP contribution in [0.4, 0.5) is 10.6 Å². The molecule has 6 nitrogen and oxygen atoms in total. The Hall–Kier alpha value is -1.60. The lowest BCUT2D eigenvalue weighted by Crippen LogP contribution is -2.50. The second kappa shape index (κ2) is 6.96. The van der Waals surface area contributed by atoms with Gasteiger partial charge in [0, 0.05) is 36.0 Å². The van der Waals surface area contributed by atoms with E-state index < -0.39 is 5.60 Å². The molecule has 0 unspecified atom stereocenters. The van der Waals surface area contributed by atoms with Crippen LogP contribution in [-0.2, 0) is 4.74 Å². The van der Waals surface area contributed by atoms with Crippen LogP contribution in [0.15, 0.2) is 22.9 Å². The summed E-state index contributed by atoms with van der Waals surface area (Å²) in [6.07, 6.45) is 1.28. The normalized spacial score (nSPS) is 15.6. The second-order valence-corrected chi connectivity index (χ2v) is 8.20. The van der Waals surface area contributed by atoms with Gasteiger partial charge in [-0.25, -0.2) is 14.8 Å². The van der Waals surface area contributed by atoms with Crippen LogP contribution in [0.2, 0.25) is 5.02 Å². The number of aromatic nitrogens is 2. The zero-order valence-corrected chi connectivity index (χ0v) is 16.8. The Morgan fingerprint density at radius 3 is 2.52 bits per heavy atom. The summed E-state index contributed by atoms with van der Waals surface area (Å²) in [6.45, 7) is 8.15. The van der Waals surface area contributed by atoms with Gasteiger partial charge < -0.3 is 14.5 Å². The first-order valence-electron chi connectivity index (χ1n) is 8.07. The van der Waals surface area contributed by atoms with Crippen LogP contribution in [0.5, 0.6) is 0 Å². The highest BCUT2D eigenvalue weighted by Crippen LogP contribution is 2.31. The largest absolute Gasteiger partial charge is 0.444 e. The molecule has 1 saturated heterocycles. The molecule has 0 bridgehead atoms. The number of halogens is 2. The van der Waals surface area contributed by atoms with Crippen LogP contribution in [0.25, 0.3) is 10.9 Å². The van der Waals surface area contributed by atoms with Gasteiger partial charge in [0.1, 0.15) is 17.7 Å². The van der Waals surface area contributed by atoms with Crippen molar-refractivity contribution in [3.05, 3.63) is 28.0 Å². The highest BCUT2D eigenvalue weighted by Gasteiger charge is 2.27. The third-order valence-corrected chi connectivity index (χ3v) is 5.08. The molecule has 25 heavy (non-hydrogen) atoms. The minimum Gasteiger partial charge on any atom is -0.444 e. The van der Waals surface area contributed by atoms with Crippen molar-refractivity contribution in [1.82, 2.24) is 14.9 Å². The number of amides is 1. The van der Waals surface area contributed by atoms with E-state index in [1.165, 1.54) is 0 Å². The fourth-order valence-corrected chi connectivity index (χ4v) is 3.21. The Bertz CT molecular complexity index is 801. The molecule has 134 valence electrons. The van der Waals surface area contributed by atoms with Crippen molar-refractivity contribution in [3.63, 3.8) is 0 Å². The highest BCUT2D eigenvalue weighted by molar-refractivity contribution is 9.10. The molecule has 1 fully saturated rings. The molecule has 1 aliphatic heterocycles. The smallest absolute Gasteiger partial charge is 0.410 e. The van der Waals surface area contributed by atoms with Gasteiger partial charge in [-0.2, -0.15) is 0 Å². The monoisotopic (exact) mass is 426 g/mol. The van der Waals surface area contributed by atoms with Crippen LogP contribution in [0.1, 0.15) is 20.8 Å². The molecule has 8 heteroatoms. The van der Waals surface area contributed by atoms with E-state index in [0.29, 0.717) is 31.2 Å². The van der Waals surface area contributed by atoms with E-state index in [0.717, 1.165) is 21.2 Å². The minimum atomic E-state index is -0.485. The van der Waals surface area contributed by atoms with Gasteiger partial charge in [-0.1, -0.05) is 11.6 Å². The molecular weight excluding hydrogens is 408 g/mol. The maximum Gasteiger partial charge on any atom is 0.410 e. The number of hydrogen-bond donors (Lipinski definition) is 0. The quantitative estimate of drug-likeness (QED) is 0.686. The van der Waals surface area contributed by atoms with E-state index in [1.54, 1.807) is 11.2 Å². The predicted octanol–water partition coefficient (Wildman–Crippen LogP) is 4.10. The molecule has 1 aliphatic rings. The third kappa shape index (κ3) is 4.15. The maximum absolute atomic E-state index is 12.2. The first-order valence-corrected chi connectivity index (χ1v) is 9.24. The number of nitrogens with zero attached hydrogens (tertiary/aromatic N) is 4. The van der Waals surface area contributed by atoms with E-state index in [-0.39, 0.29) is 6.09 Å². The van der Waals surface area contributed by atoms with E-state index in [2.05, 4.69) is 30.8 Å². The fourth-order valence-electron chi connectivity index (χ4n) is 2.72. The Labute approximate surface area is 160 Å². The summed E-state index contributed by atoms with van der Waals surface area (Å²) in [5.41, 5.74) is 0.345. The number of rotatable bonds is 1. The first-order chi connectivity index (χ1) is 11.7. The van der Waals surface area contributed by atoms with Crippen molar-refractivity contribution >= 4 is 50.3 Å². The van der Waals surface area contributed by atoms with Crippen LogP contribution >= 0.6 is 27.5 Å². The topological polar surface area (TPSA) is 58.6 Å². The molecule has 2 heterocycles. The lowest BCUT2D eigenvalue weighted by molar-refractivity contribution is 0.0240. The molecule has 0 saturated carbocycles. The zero-order valence-electron chi connectivity index (χ0n) is 14.4. The van der Waals surface area contributed by atoms with Gasteiger partial charge in [0.05, 0.1) is 10.5 Å². The van der Waals surface area contributed by atoms with Crippen molar-refractivity contribution < 1.29 is 9.53 Å². The highest BCUT2D eigenvalue weighted by atomic mass is 79.9. The van der Waals surface area contributed by atoms with Crippen molar-refractivity contribution in [2.24, 2.45) is 0 Å².